The Morgan fingerprint density at radius 3 is 2.50 bits per heavy atom. The Kier molecular flexibility index (Phi) is 5.97. The summed E-state index contributed by atoms with van der Waals surface area (Å²) in [6.07, 6.45) is 1.10. The monoisotopic (exact) mass is 305 g/mol. The van der Waals surface area contributed by atoms with Gasteiger partial charge in [0.05, 0.1) is 3.79 Å². The van der Waals surface area contributed by atoms with Crippen molar-refractivity contribution in [2.45, 2.75) is 39.3 Å². The van der Waals surface area contributed by atoms with Gasteiger partial charge in [-0.15, -0.1) is 11.3 Å². The molecule has 92 valence electrons. The lowest BCUT2D eigenvalue weighted by molar-refractivity contribution is 0.0344. The number of thiophene rings is 1. The van der Waals surface area contributed by atoms with Crippen LogP contribution in [-0.2, 0) is 4.74 Å². The first-order valence-electron chi connectivity index (χ1n) is 5.63. The molecule has 0 aliphatic heterocycles. The molecule has 0 saturated heterocycles. The minimum absolute atomic E-state index is 0.0232. The molecule has 2 N–H and O–H groups in total. The first kappa shape index (κ1) is 14.2. The van der Waals surface area contributed by atoms with E-state index in [9.17, 15) is 0 Å². The van der Waals surface area contributed by atoms with Gasteiger partial charge in [0.2, 0.25) is 0 Å². The Balaban J connectivity index is 2.55. The summed E-state index contributed by atoms with van der Waals surface area (Å²) in [7, 11) is 0. The molecule has 0 spiro atoms. The molecule has 2 atom stereocenters. The first-order valence-corrected chi connectivity index (χ1v) is 7.24. The zero-order valence-corrected chi connectivity index (χ0v) is 12.5. The van der Waals surface area contributed by atoms with Gasteiger partial charge in [0.15, 0.2) is 0 Å². The molecule has 0 saturated carbocycles. The Bertz CT molecular complexity index is 312. The average Bonchev–Trinajstić information content (AvgIpc) is 2.58. The smallest absolute Gasteiger partial charge is 0.106 e. The van der Waals surface area contributed by atoms with E-state index in [0.717, 1.165) is 16.8 Å². The van der Waals surface area contributed by atoms with Crippen LogP contribution in [0, 0.1) is 5.92 Å². The van der Waals surface area contributed by atoms with Gasteiger partial charge in [-0.3, -0.25) is 0 Å². The van der Waals surface area contributed by atoms with Crippen molar-refractivity contribution in [3.63, 3.8) is 0 Å². The van der Waals surface area contributed by atoms with Crippen LogP contribution in [-0.4, -0.2) is 12.6 Å². The van der Waals surface area contributed by atoms with Crippen molar-refractivity contribution in [2.24, 2.45) is 11.7 Å². The van der Waals surface area contributed by atoms with Crippen molar-refractivity contribution in [1.29, 1.82) is 0 Å². The van der Waals surface area contributed by atoms with Crippen LogP contribution in [0.4, 0.5) is 0 Å². The van der Waals surface area contributed by atoms with E-state index in [1.54, 1.807) is 11.3 Å². The highest BCUT2D eigenvalue weighted by atomic mass is 79.9. The van der Waals surface area contributed by atoms with Gasteiger partial charge in [-0.05, 0) is 47.3 Å². The molecule has 1 aromatic rings. The summed E-state index contributed by atoms with van der Waals surface area (Å²) >= 11 is 5.16. The summed E-state index contributed by atoms with van der Waals surface area (Å²) < 4.78 is 7.00. The van der Waals surface area contributed by atoms with Crippen LogP contribution in [0.3, 0.4) is 0 Å². The molecule has 1 heterocycles. The number of rotatable bonds is 6. The van der Waals surface area contributed by atoms with E-state index in [0.29, 0.717) is 5.92 Å². The van der Waals surface area contributed by atoms with Crippen LogP contribution in [0.15, 0.2) is 15.9 Å². The lowest BCUT2D eigenvalue weighted by Gasteiger charge is -2.20. The van der Waals surface area contributed by atoms with Gasteiger partial charge in [0.1, 0.15) is 6.10 Å². The van der Waals surface area contributed by atoms with Crippen molar-refractivity contribution in [3.05, 3.63) is 20.8 Å². The summed E-state index contributed by atoms with van der Waals surface area (Å²) in [5.41, 5.74) is 5.96. The standard InChI is InChI=1S/C12H20BrNOS/c1-8(2)6-7-15-12(9(3)14)10-4-5-11(13)16-10/h4-5,8-9,12H,6-7,14H2,1-3H3. The highest BCUT2D eigenvalue weighted by Gasteiger charge is 2.18. The van der Waals surface area contributed by atoms with E-state index in [1.807, 2.05) is 13.0 Å². The second-order valence-corrected chi connectivity index (χ2v) is 6.97. The second-order valence-electron chi connectivity index (χ2n) is 4.47. The molecule has 0 fully saturated rings. The van der Waals surface area contributed by atoms with Crippen molar-refractivity contribution in [1.82, 2.24) is 0 Å². The van der Waals surface area contributed by atoms with Gasteiger partial charge in [-0.1, -0.05) is 13.8 Å². The molecule has 16 heavy (non-hydrogen) atoms. The molecule has 2 unspecified atom stereocenters. The van der Waals surface area contributed by atoms with Crippen LogP contribution >= 0.6 is 27.3 Å². The van der Waals surface area contributed by atoms with E-state index in [2.05, 4.69) is 35.8 Å². The lowest BCUT2D eigenvalue weighted by Crippen LogP contribution is -2.26. The topological polar surface area (TPSA) is 35.2 Å². The number of ether oxygens (including phenoxy) is 1. The Labute approximate surface area is 110 Å². The fraction of sp³-hybridized carbons (Fsp3) is 0.667. The number of halogens is 1. The van der Waals surface area contributed by atoms with E-state index in [4.69, 9.17) is 10.5 Å². The van der Waals surface area contributed by atoms with Crippen molar-refractivity contribution in [3.8, 4) is 0 Å². The quantitative estimate of drug-likeness (QED) is 0.863. The summed E-state index contributed by atoms with van der Waals surface area (Å²) in [5, 5.41) is 0. The summed E-state index contributed by atoms with van der Waals surface area (Å²) in [6.45, 7) is 7.17. The van der Waals surface area contributed by atoms with E-state index in [-0.39, 0.29) is 12.1 Å². The maximum Gasteiger partial charge on any atom is 0.106 e. The molecule has 0 aliphatic carbocycles. The van der Waals surface area contributed by atoms with Crippen LogP contribution in [0.25, 0.3) is 0 Å². The fourth-order valence-electron chi connectivity index (χ4n) is 1.40. The van der Waals surface area contributed by atoms with E-state index < -0.39 is 0 Å². The third kappa shape index (κ3) is 4.53. The van der Waals surface area contributed by atoms with Crippen molar-refractivity contribution in [2.75, 3.05) is 6.61 Å². The summed E-state index contributed by atoms with van der Waals surface area (Å²) in [4.78, 5) is 1.20. The lowest BCUT2D eigenvalue weighted by atomic mass is 10.1. The molecule has 0 bridgehead atoms. The maximum atomic E-state index is 5.96. The van der Waals surface area contributed by atoms with Crippen molar-refractivity contribution < 1.29 is 4.74 Å². The Hall–Kier alpha value is 0.1000. The number of hydrogen-bond donors (Lipinski definition) is 1. The predicted molar refractivity (Wildman–Crippen MR) is 73.8 cm³/mol. The molecular weight excluding hydrogens is 286 g/mol. The van der Waals surface area contributed by atoms with E-state index in [1.165, 1.54) is 4.88 Å². The molecular formula is C12H20BrNOS. The minimum atomic E-state index is 0.0232. The third-order valence-electron chi connectivity index (χ3n) is 2.34. The van der Waals surface area contributed by atoms with Gasteiger partial charge in [0, 0.05) is 17.5 Å². The van der Waals surface area contributed by atoms with Gasteiger partial charge >= 0.3 is 0 Å². The molecule has 0 aliphatic rings. The molecule has 0 radical (unpaired) electrons. The SMILES string of the molecule is CC(C)CCOC(c1ccc(Br)s1)C(C)N. The molecule has 0 aromatic carbocycles. The first-order chi connectivity index (χ1) is 7.50. The third-order valence-corrected chi connectivity index (χ3v) is 4.03. The summed E-state index contributed by atoms with van der Waals surface area (Å²) in [6, 6.07) is 4.15. The highest BCUT2D eigenvalue weighted by molar-refractivity contribution is 9.11. The minimum Gasteiger partial charge on any atom is -0.371 e. The molecule has 2 nitrogen and oxygen atoms in total. The van der Waals surface area contributed by atoms with Crippen LogP contribution in [0.5, 0.6) is 0 Å². The normalized spacial score (nSPS) is 15.4. The largest absolute Gasteiger partial charge is 0.371 e. The zero-order valence-electron chi connectivity index (χ0n) is 10.1. The molecule has 4 heteroatoms. The van der Waals surface area contributed by atoms with Gasteiger partial charge < -0.3 is 10.5 Å². The van der Waals surface area contributed by atoms with Crippen LogP contribution in [0.1, 0.15) is 38.2 Å². The Morgan fingerprint density at radius 2 is 2.06 bits per heavy atom. The average molecular weight is 306 g/mol. The van der Waals surface area contributed by atoms with Crippen molar-refractivity contribution >= 4 is 27.3 Å². The highest BCUT2D eigenvalue weighted by Crippen LogP contribution is 2.31. The number of hydrogen-bond acceptors (Lipinski definition) is 3. The Morgan fingerprint density at radius 1 is 1.38 bits per heavy atom. The summed E-state index contributed by atoms with van der Waals surface area (Å²) in [5.74, 6) is 0.670. The van der Waals surface area contributed by atoms with Crippen LogP contribution < -0.4 is 5.73 Å². The van der Waals surface area contributed by atoms with Crippen LogP contribution in [0.2, 0.25) is 0 Å². The maximum absolute atomic E-state index is 5.96. The zero-order chi connectivity index (χ0) is 12.1. The van der Waals surface area contributed by atoms with E-state index >= 15 is 0 Å². The molecule has 1 rings (SSSR count). The van der Waals surface area contributed by atoms with Gasteiger partial charge in [0.25, 0.3) is 0 Å². The van der Waals surface area contributed by atoms with Gasteiger partial charge in [-0.25, -0.2) is 0 Å². The molecule has 1 aromatic heterocycles. The predicted octanol–water partition coefficient (Wildman–Crippen LogP) is 3.96. The molecule has 0 amide bonds. The fourth-order valence-corrected chi connectivity index (χ4v) is 2.99. The second kappa shape index (κ2) is 6.74. The van der Waals surface area contributed by atoms with Gasteiger partial charge in [-0.2, -0.15) is 0 Å². The number of nitrogens with two attached hydrogens (primary N) is 1.